The predicted molar refractivity (Wildman–Crippen MR) is 112 cm³/mol. The molecule has 5 unspecified atom stereocenters. The number of likely N-dealkylation sites (tertiary alicyclic amines) is 1. The Morgan fingerprint density at radius 2 is 2.28 bits per heavy atom. The van der Waals surface area contributed by atoms with Crippen molar-refractivity contribution in [3.8, 4) is 11.5 Å². The second-order valence-corrected chi connectivity index (χ2v) is 9.82. The van der Waals surface area contributed by atoms with Crippen LogP contribution in [-0.2, 0) is 23.1 Å². The number of rotatable bonds is 3. The van der Waals surface area contributed by atoms with Gasteiger partial charge in [-0.2, -0.15) is 0 Å². The largest absolute Gasteiger partial charge is 0.504 e. The number of hydrogen-bond donors (Lipinski definition) is 2. The van der Waals surface area contributed by atoms with E-state index in [0.29, 0.717) is 24.1 Å². The lowest BCUT2D eigenvalue weighted by atomic mass is 9.53. The second-order valence-electron chi connectivity index (χ2n) is 8.79. The van der Waals surface area contributed by atoms with E-state index in [4.69, 9.17) is 4.74 Å². The van der Waals surface area contributed by atoms with Gasteiger partial charge in [0.05, 0.1) is 12.5 Å². The van der Waals surface area contributed by atoms with E-state index < -0.39 is 0 Å². The summed E-state index contributed by atoms with van der Waals surface area (Å²) in [6.45, 7) is 0.999. The van der Waals surface area contributed by atoms with Crippen molar-refractivity contribution in [1.29, 1.82) is 0 Å². The molecule has 6 heteroatoms. The summed E-state index contributed by atoms with van der Waals surface area (Å²) < 4.78 is 6.46. The van der Waals surface area contributed by atoms with Crippen LogP contribution in [0.4, 0.5) is 0 Å². The Morgan fingerprint density at radius 1 is 1.38 bits per heavy atom. The van der Waals surface area contributed by atoms with Gasteiger partial charge in [-0.25, -0.2) is 0 Å². The van der Waals surface area contributed by atoms with Crippen molar-refractivity contribution >= 4 is 17.2 Å². The number of aromatic hydroxyl groups is 1. The van der Waals surface area contributed by atoms with Crippen molar-refractivity contribution in [1.82, 2.24) is 10.2 Å². The van der Waals surface area contributed by atoms with Gasteiger partial charge in [-0.3, -0.25) is 4.79 Å². The van der Waals surface area contributed by atoms with Gasteiger partial charge in [0, 0.05) is 27.8 Å². The van der Waals surface area contributed by atoms with Crippen LogP contribution in [0.25, 0.3) is 0 Å². The molecule has 2 aliphatic heterocycles. The number of phenolic OH excluding ortho intramolecular Hbond substituents is 1. The molecule has 1 saturated heterocycles. The van der Waals surface area contributed by atoms with Crippen LogP contribution < -0.4 is 10.1 Å². The summed E-state index contributed by atoms with van der Waals surface area (Å²) in [5.41, 5.74) is 2.31. The van der Waals surface area contributed by atoms with Gasteiger partial charge >= 0.3 is 0 Å². The third kappa shape index (κ3) is 2.33. The van der Waals surface area contributed by atoms with Crippen molar-refractivity contribution in [3.63, 3.8) is 0 Å². The summed E-state index contributed by atoms with van der Waals surface area (Å²) >= 11 is 1.60. The Hall–Kier alpha value is -2.31. The van der Waals surface area contributed by atoms with Crippen molar-refractivity contribution < 1.29 is 14.6 Å². The second kappa shape index (κ2) is 6.09. The number of ether oxygens (including phenoxy) is 1. The van der Waals surface area contributed by atoms with Gasteiger partial charge in [-0.05, 0) is 49.5 Å². The average molecular weight is 409 g/mol. The fourth-order valence-electron chi connectivity index (χ4n) is 6.20. The van der Waals surface area contributed by atoms with Crippen LogP contribution in [0.3, 0.4) is 0 Å². The summed E-state index contributed by atoms with van der Waals surface area (Å²) in [6.07, 6.45) is 6.59. The van der Waals surface area contributed by atoms with E-state index in [-0.39, 0.29) is 29.2 Å². The molecule has 150 valence electrons. The van der Waals surface area contributed by atoms with Gasteiger partial charge in [-0.1, -0.05) is 24.3 Å². The zero-order valence-electron chi connectivity index (χ0n) is 16.3. The fraction of sp³-hybridized carbons (Fsp3) is 0.435. The number of amides is 1. The standard InChI is InChI=1S/C23H24N2O3S/c1-25-9-8-23-15-5-6-16(24-19(27)12-14-3-2-10-29-14)22(23)28-21-18(26)7-4-13(20(21)23)11-17(15)25/h2-7,10,15-17,22,26H,8-9,11-12H2,1H3,(H,24,27). The van der Waals surface area contributed by atoms with Crippen molar-refractivity contribution in [3.05, 3.63) is 57.8 Å². The molecule has 2 N–H and O–H groups in total. The number of thiophene rings is 1. The first kappa shape index (κ1) is 17.5. The summed E-state index contributed by atoms with van der Waals surface area (Å²) in [4.78, 5) is 16.3. The van der Waals surface area contributed by atoms with Crippen LogP contribution in [0, 0.1) is 5.92 Å². The van der Waals surface area contributed by atoms with Gasteiger partial charge in [0.15, 0.2) is 11.5 Å². The third-order valence-corrected chi connectivity index (χ3v) is 8.29. The van der Waals surface area contributed by atoms with Crippen LogP contribution in [0.5, 0.6) is 11.5 Å². The summed E-state index contributed by atoms with van der Waals surface area (Å²) in [5, 5.41) is 15.8. The molecule has 0 radical (unpaired) electrons. The molecule has 1 aromatic carbocycles. The van der Waals surface area contributed by atoms with Crippen molar-refractivity contribution in [2.24, 2.45) is 5.92 Å². The number of nitrogens with zero attached hydrogens (tertiary/aromatic N) is 1. The molecule has 1 spiro atoms. The molecule has 3 heterocycles. The van der Waals surface area contributed by atoms with E-state index in [9.17, 15) is 9.90 Å². The molecule has 4 aliphatic rings. The van der Waals surface area contributed by atoms with Crippen molar-refractivity contribution in [2.75, 3.05) is 13.6 Å². The summed E-state index contributed by atoms with van der Waals surface area (Å²) in [5.74, 6) is 1.21. The molecular weight excluding hydrogens is 384 g/mol. The summed E-state index contributed by atoms with van der Waals surface area (Å²) in [7, 11) is 2.21. The quantitative estimate of drug-likeness (QED) is 0.767. The smallest absolute Gasteiger partial charge is 0.225 e. The van der Waals surface area contributed by atoms with E-state index in [2.05, 4.69) is 35.5 Å². The average Bonchev–Trinajstić information content (AvgIpc) is 3.33. The Labute approximate surface area is 174 Å². The van der Waals surface area contributed by atoms with Crippen LogP contribution in [0.1, 0.15) is 22.4 Å². The van der Waals surface area contributed by atoms with E-state index in [1.807, 2.05) is 17.5 Å². The number of carbonyl (C=O) groups excluding carboxylic acids is 1. The Balaban J connectivity index is 1.40. The molecule has 1 amide bonds. The highest BCUT2D eigenvalue weighted by Gasteiger charge is 2.64. The number of piperidine rings is 1. The Kier molecular flexibility index (Phi) is 3.69. The molecule has 2 aromatic rings. The first-order chi connectivity index (χ1) is 14.1. The Bertz CT molecular complexity index is 1020. The van der Waals surface area contributed by atoms with E-state index in [1.54, 1.807) is 17.4 Å². The molecule has 29 heavy (non-hydrogen) atoms. The molecule has 6 rings (SSSR count). The van der Waals surface area contributed by atoms with E-state index in [1.165, 1.54) is 11.1 Å². The zero-order chi connectivity index (χ0) is 19.8. The lowest BCUT2D eigenvalue weighted by Crippen LogP contribution is -2.66. The highest BCUT2D eigenvalue weighted by Crippen LogP contribution is 2.62. The van der Waals surface area contributed by atoms with Gasteiger partial charge in [0.2, 0.25) is 5.91 Å². The highest BCUT2D eigenvalue weighted by molar-refractivity contribution is 7.10. The van der Waals surface area contributed by atoms with Gasteiger partial charge < -0.3 is 20.1 Å². The van der Waals surface area contributed by atoms with Crippen LogP contribution in [0.15, 0.2) is 41.8 Å². The first-order valence-electron chi connectivity index (χ1n) is 10.3. The minimum Gasteiger partial charge on any atom is -0.504 e. The summed E-state index contributed by atoms with van der Waals surface area (Å²) in [6, 6.07) is 8.02. The molecular formula is C23H24N2O3S. The number of likely N-dealkylation sites (N-methyl/N-ethyl adjacent to an activating group) is 1. The lowest BCUT2D eigenvalue weighted by Gasteiger charge is -2.57. The topological polar surface area (TPSA) is 61.8 Å². The molecule has 5 atom stereocenters. The van der Waals surface area contributed by atoms with Crippen LogP contribution in [0.2, 0.25) is 0 Å². The van der Waals surface area contributed by atoms with Crippen LogP contribution in [-0.4, -0.2) is 47.7 Å². The van der Waals surface area contributed by atoms with E-state index >= 15 is 0 Å². The zero-order valence-corrected chi connectivity index (χ0v) is 17.1. The predicted octanol–water partition coefficient (Wildman–Crippen LogP) is 2.63. The van der Waals surface area contributed by atoms with Gasteiger partial charge in [0.25, 0.3) is 0 Å². The molecule has 0 saturated carbocycles. The molecule has 2 aliphatic carbocycles. The monoisotopic (exact) mass is 408 g/mol. The minimum absolute atomic E-state index is 0.0150. The van der Waals surface area contributed by atoms with Gasteiger partial charge in [0.1, 0.15) is 6.10 Å². The number of benzene rings is 1. The maximum atomic E-state index is 12.7. The maximum absolute atomic E-state index is 12.7. The number of phenols is 1. The lowest BCUT2D eigenvalue weighted by molar-refractivity contribution is -0.122. The van der Waals surface area contributed by atoms with Crippen molar-refractivity contribution in [2.45, 2.75) is 42.9 Å². The molecule has 5 nitrogen and oxygen atoms in total. The number of carbonyl (C=O) groups is 1. The molecule has 1 fully saturated rings. The first-order valence-corrected chi connectivity index (χ1v) is 11.2. The fourth-order valence-corrected chi connectivity index (χ4v) is 6.90. The van der Waals surface area contributed by atoms with Gasteiger partial charge in [-0.15, -0.1) is 11.3 Å². The minimum atomic E-state index is -0.194. The molecule has 1 aromatic heterocycles. The van der Waals surface area contributed by atoms with Crippen LogP contribution >= 0.6 is 11.3 Å². The normalized spacial score (nSPS) is 33.8. The Morgan fingerprint density at radius 3 is 3.10 bits per heavy atom. The van der Waals surface area contributed by atoms with E-state index in [0.717, 1.165) is 24.3 Å². The number of nitrogens with one attached hydrogen (secondary N) is 1. The highest BCUT2D eigenvalue weighted by atomic mass is 32.1. The number of hydrogen-bond acceptors (Lipinski definition) is 5. The SMILES string of the molecule is CN1CCC23c4c5ccc(O)c4OC2C(NC(=O)Cc2cccs2)C=CC3C1C5. The third-order valence-electron chi connectivity index (χ3n) is 7.42. The maximum Gasteiger partial charge on any atom is 0.225 e. The molecule has 2 bridgehead atoms.